The van der Waals surface area contributed by atoms with E-state index in [1.54, 1.807) is 7.11 Å². The summed E-state index contributed by atoms with van der Waals surface area (Å²) in [6, 6.07) is 4.17. The molecule has 144 valence electrons. The highest BCUT2D eigenvalue weighted by atomic mass is 16.5. The Hall–Kier alpha value is -1.59. The smallest absolute Gasteiger partial charge is 0.174 e. The first kappa shape index (κ1) is 16.4. The lowest BCUT2D eigenvalue weighted by Gasteiger charge is -2.63. The maximum Gasteiger partial charge on any atom is 0.174 e. The molecule has 5 aliphatic rings. The first-order valence-corrected chi connectivity index (χ1v) is 10.4. The highest BCUT2D eigenvalue weighted by molar-refractivity contribution is 5.90. The van der Waals surface area contributed by atoms with E-state index in [0.717, 1.165) is 37.4 Å². The third-order valence-electron chi connectivity index (χ3n) is 8.29. The van der Waals surface area contributed by atoms with Crippen molar-refractivity contribution < 1.29 is 19.4 Å². The van der Waals surface area contributed by atoms with E-state index in [9.17, 15) is 9.90 Å². The lowest BCUT2D eigenvalue weighted by molar-refractivity contribution is -0.190. The third kappa shape index (κ3) is 1.81. The second-order valence-corrected chi connectivity index (χ2v) is 9.25. The molecular formula is C22H27NO4. The molecule has 2 bridgehead atoms. The Bertz CT molecular complexity index is 834. The van der Waals surface area contributed by atoms with E-state index in [1.807, 2.05) is 6.07 Å². The second kappa shape index (κ2) is 5.26. The summed E-state index contributed by atoms with van der Waals surface area (Å²) in [7, 11) is 1.64. The zero-order valence-corrected chi connectivity index (χ0v) is 15.9. The van der Waals surface area contributed by atoms with Crippen LogP contribution in [0, 0.1) is 5.92 Å². The molecule has 0 radical (unpaired) electrons. The summed E-state index contributed by atoms with van der Waals surface area (Å²) in [5.74, 6) is 2.30. The lowest BCUT2D eigenvalue weighted by atomic mass is 9.49. The number of carbonyl (C=O) groups excluding carboxylic acids is 1. The molecule has 27 heavy (non-hydrogen) atoms. The Labute approximate surface area is 159 Å². The number of Topliss-reactive ketones (excluding diaryl/α,β-unsaturated/α-hetero) is 1. The van der Waals surface area contributed by atoms with Crippen LogP contribution in [-0.2, 0) is 16.6 Å². The summed E-state index contributed by atoms with van der Waals surface area (Å²) in [6.07, 6.45) is 5.99. The van der Waals surface area contributed by atoms with Crippen LogP contribution in [-0.4, -0.2) is 53.7 Å². The van der Waals surface area contributed by atoms with Crippen molar-refractivity contribution in [2.75, 3.05) is 20.2 Å². The highest BCUT2D eigenvalue weighted by Crippen LogP contribution is 2.64. The first-order valence-electron chi connectivity index (χ1n) is 10.4. The van der Waals surface area contributed by atoms with Gasteiger partial charge in [-0.15, -0.1) is 0 Å². The minimum Gasteiger partial charge on any atom is -0.493 e. The average Bonchev–Trinajstić information content (AvgIpc) is 2.98. The molecular weight excluding hydrogens is 342 g/mol. The van der Waals surface area contributed by atoms with Crippen LogP contribution in [0.15, 0.2) is 12.1 Å². The fraction of sp³-hybridized carbons (Fsp3) is 0.682. The standard InChI is InChI=1S/C22H27NO4/c1-26-16-6-5-14-11-17-22(25)8-7-15(24)20-21(22,18(14)19(16)27-20)9-10-23(17)12-13-3-2-4-13/h5-6,13,17,20,25H,2-4,7-12H2,1H3/t17-,20?,21+,22?/m0/s1. The summed E-state index contributed by atoms with van der Waals surface area (Å²) in [5.41, 5.74) is 0.816. The van der Waals surface area contributed by atoms with Crippen molar-refractivity contribution in [2.45, 2.75) is 68.1 Å². The Balaban J connectivity index is 1.53. The molecule has 3 fully saturated rings. The number of piperidine rings is 1. The van der Waals surface area contributed by atoms with Gasteiger partial charge in [-0.2, -0.15) is 0 Å². The zero-order chi connectivity index (χ0) is 18.4. The van der Waals surface area contributed by atoms with Crippen LogP contribution in [0.25, 0.3) is 0 Å². The van der Waals surface area contributed by atoms with Crippen LogP contribution in [0.4, 0.5) is 0 Å². The number of hydrogen-bond acceptors (Lipinski definition) is 5. The Morgan fingerprint density at radius 2 is 2.19 bits per heavy atom. The van der Waals surface area contributed by atoms with Gasteiger partial charge in [0.05, 0.1) is 18.1 Å². The number of carbonyl (C=O) groups is 1. The predicted molar refractivity (Wildman–Crippen MR) is 99.3 cm³/mol. The van der Waals surface area contributed by atoms with E-state index in [2.05, 4.69) is 11.0 Å². The minimum absolute atomic E-state index is 0.0814. The molecule has 0 aromatic heterocycles. The quantitative estimate of drug-likeness (QED) is 0.885. The molecule has 0 amide bonds. The lowest BCUT2D eigenvalue weighted by Crippen LogP contribution is -2.76. The molecule has 2 heterocycles. The van der Waals surface area contributed by atoms with Gasteiger partial charge in [0, 0.05) is 24.6 Å². The molecule has 2 unspecified atom stereocenters. The van der Waals surface area contributed by atoms with Crippen LogP contribution in [0.1, 0.15) is 49.7 Å². The molecule has 1 aromatic rings. The van der Waals surface area contributed by atoms with Crippen LogP contribution in [0.2, 0.25) is 0 Å². The van der Waals surface area contributed by atoms with Gasteiger partial charge in [0.2, 0.25) is 0 Å². The monoisotopic (exact) mass is 369 g/mol. The topological polar surface area (TPSA) is 59.0 Å². The molecule has 1 saturated heterocycles. The summed E-state index contributed by atoms with van der Waals surface area (Å²) in [6.45, 7) is 2.02. The summed E-state index contributed by atoms with van der Waals surface area (Å²) in [4.78, 5) is 15.4. The molecule has 6 rings (SSSR count). The number of ketones is 1. The van der Waals surface area contributed by atoms with Crippen molar-refractivity contribution in [1.82, 2.24) is 4.90 Å². The summed E-state index contributed by atoms with van der Waals surface area (Å²) < 4.78 is 11.8. The van der Waals surface area contributed by atoms with Crippen molar-refractivity contribution in [1.29, 1.82) is 0 Å². The molecule has 2 aliphatic heterocycles. The fourth-order valence-corrected chi connectivity index (χ4v) is 6.79. The van der Waals surface area contributed by atoms with Crippen molar-refractivity contribution in [3.63, 3.8) is 0 Å². The van der Waals surface area contributed by atoms with E-state index < -0.39 is 17.1 Å². The van der Waals surface area contributed by atoms with Gasteiger partial charge in [0.1, 0.15) is 0 Å². The van der Waals surface area contributed by atoms with Crippen LogP contribution < -0.4 is 9.47 Å². The molecule has 1 aromatic carbocycles. The van der Waals surface area contributed by atoms with E-state index in [0.29, 0.717) is 24.3 Å². The van der Waals surface area contributed by atoms with Gasteiger partial charge in [-0.3, -0.25) is 9.69 Å². The number of rotatable bonds is 3. The maximum absolute atomic E-state index is 12.9. The maximum atomic E-state index is 12.9. The molecule has 2 saturated carbocycles. The number of methoxy groups -OCH3 is 1. The molecule has 5 nitrogen and oxygen atoms in total. The van der Waals surface area contributed by atoms with Gasteiger partial charge in [-0.05, 0) is 56.2 Å². The Morgan fingerprint density at radius 1 is 1.33 bits per heavy atom. The largest absolute Gasteiger partial charge is 0.493 e. The molecule has 3 aliphatic carbocycles. The number of nitrogens with zero attached hydrogens (tertiary/aromatic N) is 1. The van der Waals surface area contributed by atoms with Crippen molar-refractivity contribution >= 4 is 5.78 Å². The van der Waals surface area contributed by atoms with Gasteiger partial charge in [-0.25, -0.2) is 0 Å². The second-order valence-electron chi connectivity index (χ2n) is 9.25. The van der Waals surface area contributed by atoms with E-state index in [4.69, 9.17) is 9.47 Å². The van der Waals surface area contributed by atoms with Gasteiger partial charge in [0.25, 0.3) is 0 Å². The molecule has 5 heteroatoms. The van der Waals surface area contributed by atoms with Gasteiger partial charge < -0.3 is 14.6 Å². The van der Waals surface area contributed by atoms with E-state index in [-0.39, 0.29) is 11.8 Å². The Morgan fingerprint density at radius 3 is 2.93 bits per heavy atom. The van der Waals surface area contributed by atoms with Gasteiger partial charge in [-0.1, -0.05) is 12.5 Å². The number of ether oxygens (including phenoxy) is 2. The number of hydrogen-bond donors (Lipinski definition) is 1. The van der Waals surface area contributed by atoms with Crippen molar-refractivity contribution in [2.24, 2.45) is 5.92 Å². The van der Waals surface area contributed by atoms with Crippen LogP contribution in [0.5, 0.6) is 11.5 Å². The highest BCUT2D eigenvalue weighted by Gasteiger charge is 2.73. The summed E-state index contributed by atoms with van der Waals surface area (Å²) in [5, 5.41) is 12.2. The zero-order valence-electron chi connectivity index (χ0n) is 15.9. The predicted octanol–water partition coefficient (Wildman–Crippen LogP) is 2.22. The Kier molecular flexibility index (Phi) is 3.19. The van der Waals surface area contributed by atoms with Gasteiger partial charge >= 0.3 is 0 Å². The number of likely N-dealkylation sites (tertiary alicyclic amines) is 1. The first-order chi connectivity index (χ1) is 13.1. The number of aliphatic hydroxyl groups is 1. The normalized spacial score (nSPS) is 39.6. The SMILES string of the molecule is COc1ccc2c3c1OC1C(=O)CCC4(O)[C@H](C2)N(CC2CCC2)CC[C@@]314. The van der Waals surface area contributed by atoms with Crippen molar-refractivity contribution in [3.8, 4) is 11.5 Å². The summed E-state index contributed by atoms with van der Waals surface area (Å²) >= 11 is 0. The third-order valence-corrected chi connectivity index (χ3v) is 8.29. The van der Waals surface area contributed by atoms with Crippen LogP contribution >= 0.6 is 0 Å². The van der Waals surface area contributed by atoms with E-state index >= 15 is 0 Å². The molecule has 4 atom stereocenters. The van der Waals surface area contributed by atoms with E-state index in [1.165, 1.54) is 24.8 Å². The van der Waals surface area contributed by atoms with Crippen molar-refractivity contribution in [3.05, 3.63) is 23.3 Å². The molecule has 1 N–H and O–H groups in total. The van der Waals surface area contributed by atoms with Gasteiger partial charge in [0.15, 0.2) is 23.4 Å². The fourth-order valence-electron chi connectivity index (χ4n) is 6.79. The van der Waals surface area contributed by atoms with Crippen LogP contribution in [0.3, 0.4) is 0 Å². The molecule has 1 spiro atoms. The number of benzene rings is 1. The average molecular weight is 369 g/mol. The minimum atomic E-state index is -0.891.